The fourth-order valence-electron chi connectivity index (χ4n) is 3.09. The maximum absolute atomic E-state index is 12.3. The minimum absolute atomic E-state index is 0.0313. The molecule has 0 unspecified atom stereocenters. The van der Waals surface area contributed by atoms with Crippen molar-refractivity contribution < 1.29 is 4.79 Å². The van der Waals surface area contributed by atoms with E-state index in [1.165, 1.54) is 15.3 Å². The Morgan fingerprint density at radius 1 is 0.939 bits per heavy atom. The second kappa shape index (κ2) is 11.7. The summed E-state index contributed by atoms with van der Waals surface area (Å²) in [7, 11) is 0. The molecule has 4 aromatic rings. The van der Waals surface area contributed by atoms with Crippen LogP contribution in [0.4, 0.5) is 11.4 Å². The molecule has 1 aromatic heterocycles. The molecule has 0 saturated carbocycles. The first-order valence-electron chi connectivity index (χ1n) is 10.3. The van der Waals surface area contributed by atoms with Crippen LogP contribution in [-0.2, 0) is 11.3 Å². The third kappa shape index (κ3) is 6.81. The van der Waals surface area contributed by atoms with Gasteiger partial charge in [0.15, 0.2) is 11.0 Å². The first kappa shape index (κ1) is 23.8. The van der Waals surface area contributed by atoms with Gasteiger partial charge >= 0.3 is 0 Å². The number of carbonyl (C=O) groups is 1. The lowest BCUT2D eigenvalue weighted by atomic mass is 10.3. The Bertz CT molecular complexity index is 1200. The zero-order valence-electron chi connectivity index (χ0n) is 17.5. The van der Waals surface area contributed by atoms with E-state index in [0.717, 1.165) is 32.5 Å². The first-order chi connectivity index (χ1) is 16.1. The molecule has 1 heterocycles. The number of carbonyl (C=O) groups excluding carboxylic acids is 1. The van der Waals surface area contributed by atoms with Gasteiger partial charge in [0.1, 0.15) is 0 Å². The van der Waals surface area contributed by atoms with Crippen LogP contribution in [0.5, 0.6) is 0 Å². The normalized spacial score (nSPS) is 10.7. The number of anilines is 2. The molecular weight excluding hydrogens is 613 g/mol. The van der Waals surface area contributed by atoms with E-state index >= 15 is 0 Å². The third-order valence-corrected chi connectivity index (χ3v) is 6.88. The van der Waals surface area contributed by atoms with E-state index in [0.29, 0.717) is 18.7 Å². The van der Waals surface area contributed by atoms with E-state index in [-0.39, 0.29) is 5.91 Å². The molecule has 0 radical (unpaired) electrons. The van der Waals surface area contributed by atoms with E-state index in [9.17, 15) is 4.79 Å². The number of hydrogen-bond donors (Lipinski definition) is 2. The predicted molar refractivity (Wildman–Crippen MR) is 146 cm³/mol. The van der Waals surface area contributed by atoms with Crippen LogP contribution in [0.15, 0.2) is 88.5 Å². The molecule has 0 spiro atoms. The molecule has 4 rings (SSSR count). The lowest BCUT2D eigenvalue weighted by Crippen LogP contribution is -2.12. The highest BCUT2D eigenvalue weighted by Gasteiger charge is 2.15. The summed E-state index contributed by atoms with van der Waals surface area (Å²) in [6.07, 6.45) is 0.374. The number of nitrogens with zero attached hydrogens (tertiary/aromatic N) is 3. The van der Waals surface area contributed by atoms with Crippen LogP contribution in [0, 0.1) is 3.57 Å². The van der Waals surface area contributed by atoms with Crippen molar-refractivity contribution in [3.8, 4) is 5.69 Å². The van der Waals surface area contributed by atoms with Gasteiger partial charge in [-0.05, 0) is 83.3 Å². The number of aromatic nitrogens is 3. The van der Waals surface area contributed by atoms with Gasteiger partial charge < -0.3 is 10.6 Å². The third-order valence-electron chi connectivity index (χ3n) is 4.70. The molecule has 0 fully saturated rings. The number of rotatable bonds is 9. The van der Waals surface area contributed by atoms with Gasteiger partial charge in [-0.15, -0.1) is 10.2 Å². The average molecular weight is 634 g/mol. The summed E-state index contributed by atoms with van der Waals surface area (Å²) in [5.41, 5.74) is 2.80. The van der Waals surface area contributed by atoms with Crippen LogP contribution < -0.4 is 10.6 Å². The van der Waals surface area contributed by atoms with Crippen LogP contribution in [0.25, 0.3) is 5.69 Å². The zero-order valence-corrected chi connectivity index (χ0v) is 22.1. The van der Waals surface area contributed by atoms with Crippen LogP contribution in [0.3, 0.4) is 0 Å². The van der Waals surface area contributed by atoms with Crippen LogP contribution in [-0.4, -0.2) is 26.4 Å². The molecule has 1 amide bonds. The van der Waals surface area contributed by atoms with Gasteiger partial charge in [0.05, 0.1) is 6.54 Å². The Balaban J connectivity index is 1.42. The fourth-order valence-corrected chi connectivity index (χ4v) is 4.62. The largest absolute Gasteiger partial charge is 0.378 e. The summed E-state index contributed by atoms with van der Waals surface area (Å²) in [4.78, 5) is 12.3. The van der Waals surface area contributed by atoms with Gasteiger partial charge in [-0.1, -0.05) is 45.9 Å². The van der Waals surface area contributed by atoms with E-state index in [1.54, 1.807) is 0 Å². The highest BCUT2D eigenvalue weighted by molar-refractivity contribution is 14.1. The highest BCUT2D eigenvalue weighted by Crippen LogP contribution is 2.24. The Hall–Kier alpha value is -2.37. The molecule has 168 valence electrons. The molecular formula is C24H21BrIN5OS. The predicted octanol–water partition coefficient (Wildman–Crippen LogP) is 6.37. The summed E-state index contributed by atoms with van der Waals surface area (Å²) in [6.45, 7) is 0.535. The van der Waals surface area contributed by atoms with Gasteiger partial charge in [0.25, 0.3) is 0 Å². The Morgan fingerprint density at radius 2 is 1.64 bits per heavy atom. The maximum Gasteiger partial charge on any atom is 0.225 e. The smallest absolute Gasteiger partial charge is 0.225 e. The number of thioether (sulfide) groups is 1. The van der Waals surface area contributed by atoms with Gasteiger partial charge in [0.2, 0.25) is 5.91 Å². The summed E-state index contributed by atoms with van der Waals surface area (Å²) in [6, 6.07) is 25.8. The highest BCUT2D eigenvalue weighted by atomic mass is 127. The number of para-hydroxylation sites is 1. The SMILES string of the molecule is O=C(CCSc1nnc(CNc2ccc(I)cc2)n1-c1ccccc1)Nc1ccc(Br)cc1. The second-order valence-electron chi connectivity index (χ2n) is 7.08. The average Bonchev–Trinajstić information content (AvgIpc) is 3.23. The molecule has 0 aliphatic carbocycles. The van der Waals surface area contributed by atoms with Crippen molar-refractivity contribution in [1.82, 2.24) is 14.8 Å². The molecule has 0 bridgehead atoms. The first-order valence-corrected chi connectivity index (χ1v) is 13.1. The number of hydrogen-bond acceptors (Lipinski definition) is 5. The molecule has 0 saturated heterocycles. The summed E-state index contributed by atoms with van der Waals surface area (Å²) in [5.74, 6) is 1.37. The van der Waals surface area contributed by atoms with Crippen molar-refractivity contribution in [2.24, 2.45) is 0 Å². The number of amides is 1. The Morgan fingerprint density at radius 3 is 2.36 bits per heavy atom. The molecule has 0 aliphatic rings. The van der Waals surface area contributed by atoms with E-state index in [4.69, 9.17) is 0 Å². The number of halogens is 2. The van der Waals surface area contributed by atoms with E-state index < -0.39 is 0 Å². The van der Waals surface area contributed by atoms with Crippen molar-refractivity contribution in [2.75, 3.05) is 16.4 Å². The van der Waals surface area contributed by atoms with Gasteiger partial charge in [-0.25, -0.2) is 0 Å². The molecule has 2 N–H and O–H groups in total. The number of nitrogens with one attached hydrogen (secondary N) is 2. The zero-order chi connectivity index (χ0) is 23.0. The summed E-state index contributed by atoms with van der Waals surface area (Å²) < 4.78 is 4.20. The fraction of sp³-hybridized carbons (Fsp3) is 0.125. The molecule has 0 aliphatic heterocycles. The second-order valence-corrected chi connectivity index (χ2v) is 10.3. The lowest BCUT2D eigenvalue weighted by molar-refractivity contribution is -0.115. The standard InChI is InChI=1S/C24H21BrIN5OS/c25-17-6-10-20(11-7-17)28-23(32)14-15-33-24-30-29-22(31(24)21-4-2-1-3-5-21)16-27-19-12-8-18(26)9-13-19/h1-13,27H,14-16H2,(H,28,32). The Kier molecular flexibility index (Phi) is 8.40. The van der Waals surface area contributed by atoms with Crippen molar-refractivity contribution >= 4 is 67.6 Å². The molecule has 3 aromatic carbocycles. The van der Waals surface area contributed by atoms with E-state index in [2.05, 4.69) is 71.5 Å². The van der Waals surface area contributed by atoms with Crippen LogP contribution in [0.2, 0.25) is 0 Å². The molecule has 0 atom stereocenters. The molecule has 33 heavy (non-hydrogen) atoms. The molecule has 6 nitrogen and oxygen atoms in total. The topological polar surface area (TPSA) is 71.8 Å². The summed E-state index contributed by atoms with van der Waals surface area (Å²) >= 11 is 7.21. The Labute approximate surface area is 218 Å². The molecule has 9 heteroatoms. The minimum Gasteiger partial charge on any atom is -0.378 e. The van der Waals surface area contributed by atoms with Crippen molar-refractivity contribution in [2.45, 2.75) is 18.1 Å². The quantitative estimate of drug-likeness (QED) is 0.166. The summed E-state index contributed by atoms with van der Waals surface area (Å²) in [5, 5.41) is 15.9. The van der Waals surface area contributed by atoms with Crippen molar-refractivity contribution in [1.29, 1.82) is 0 Å². The monoisotopic (exact) mass is 633 g/mol. The number of benzene rings is 3. The lowest BCUT2D eigenvalue weighted by Gasteiger charge is -2.11. The van der Waals surface area contributed by atoms with Crippen molar-refractivity contribution in [3.05, 3.63) is 92.7 Å². The van der Waals surface area contributed by atoms with E-state index in [1.807, 2.05) is 71.3 Å². The maximum atomic E-state index is 12.3. The van der Waals surface area contributed by atoms with Gasteiger partial charge in [-0.3, -0.25) is 9.36 Å². The van der Waals surface area contributed by atoms with Gasteiger partial charge in [-0.2, -0.15) is 0 Å². The minimum atomic E-state index is -0.0313. The van der Waals surface area contributed by atoms with Gasteiger partial charge in [0, 0.05) is 37.3 Å². The van der Waals surface area contributed by atoms with Crippen molar-refractivity contribution in [3.63, 3.8) is 0 Å². The van der Waals surface area contributed by atoms with Crippen LogP contribution in [0.1, 0.15) is 12.2 Å². The van der Waals surface area contributed by atoms with Crippen LogP contribution >= 0.6 is 50.3 Å².